The second kappa shape index (κ2) is 9.02. The molecule has 2 aromatic heterocycles. The summed E-state index contributed by atoms with van der Waals surface area (Å²) in [6.45, 7) is 2.00. The third-order valence-electron chi connectivity index (χ3n) is 3.70. The van der Waals surface area contributed by atoms with E-state index in [0.29, 0.717) is 5.39 Å². The van der Waals surface area contributed by atoms with Crippen LogP contribution >= 0.6 is 12.6 Å². The highest BCUT2D eigenvalue weighted by atomic mass is 32.1. The molecule has 0 radical (unpaired) electrons. The molecular formula is C15H13F9N2O4S. The molecule has 176 valence electrons. The molecule has 1 N–H and O–H groups in total. The van der Waals surface area contributed by atoms with Crippen LogP contribution in [0, 0.1) is 0 Å². The van der Waals surface area contributed by atoms with Crippen molar-refractivity contribution < 1.29 is 59.2 Å². The van der Waals surface area contributed by atoms with Crippen molar-refractivity contribution in [2.45, 2.75) is 30.1 Å². The zero-order chi connectivity index (χ0) is 24.4. The number of hydrogen-bond acceptors (Lipinski definition) is 6. The molecule has 0 aromatic carbocycles. The summed E-state index contributed by atoms with van der Waals surface area (Å²) in [4.78, 5) is 17.0. The van der Waals surface area contributed by atoms with Gasteiger partial charge in [0.25, 0.3) is 0 Å². The molecule has 0 saturated carbocycles. The monoisotopic (exact) mass is 488 g/mol. The van der Waals surface area contributed by atoms with Gasteiger partial charge in [-0.05, 0) is 17.5 Å². The highest BCUT2D eigenvalue weighted by molar-refractivity contribution is 7.81. The molecule has 2 aromatic rings. The lowest BCUT2D eigenvalue weighted by molar-refractivity contribution is -0.457. The predicted octanol–water partition coefficient (Wildman–Crippen LogP) is 4.73. The van der Waals surface area contributed by atoms with Gasteiger partial charge >= 0.3 is 29.2 Å². The van der Waals surface area contributed by atoms with Crippen LogP contribution in [0.4, 0.5) is 39.6 Å². The van der Waals surface area contributed by atoms with E-state index in [1.807, 2.05) is 0 Å². The van der Waals surface area contributed by atoms with Gasteiger partial charge in [-0.25, -0.2) is 4.79 Å². The van der Waals surface area contributed by atoms with Gasteiger partial charge in [-0.3, -0.25) is 4.98 Å². The van der Waals surface area contributed by atoms with Crippen LogP contribution in [-0.4, -0.2) is 50.4 Å². The maximum Gasteiger partial charge on any atom is 0.459 e. The van der Waals surface area contributed by atoms with E-state index >= 15 is 0 Å². The summed E-state index contributed by atoms with van der Waals surface area (Å²) in [7, 11) is 1.70. The molecule has 0 saturated heterocycles. The number of alkyl halides is 8. The van der Waals surface area contributed by atoms with Crippen LogP contribution in [0.2, 0.25) is 0 Å². The standard InChI is InChI=1S/C11H12N2O3.C4HF9OS/c1-3-16-11(15)9-10(14)7-6-12-5-4-8(7)13(9)2;5-1(6,3(8,9)10)2(7,14-13)4(11,12)15/h4-6,14H,3H2,1-2H3;15H. The molecule has 31 heavy (non-hydrogen) atoms. The van der Waals surface area contributed by atoms with E-state index in [4.69, 9.17) is 4.74 Å². The van der Waals surface area contributed by atoms with E-state index in [1.54, 1.807) is 43.4 Å². The van der Waals surface area contributed by atoms with Gasteiger partial charge in [0.05, 0.1) is 17.5 Å². The fraction of sp³-hybridized carbons (Fsp3) is 0.467. The highest BCUT2D eigenvalue weighted by Crippen LogP contribution is 2.54. The quantitative estimate of drug-likeness (QED) is 0.362. The highest BCUT2D eigenvalue weighted by Gasteiger charge is 2.82. The van der Waals surface area contributed by atoms with Crippen molar-refractivity contribution in [3.8, 4) is 5.75 Å². The SMILES string of the molecule is CCOC(=O)c1c(O)c2cnccc2n1C.FOC(F)(C(F)(F)S)C(F)(F)C(F)(F)F. The second-order valence-electron chi connectivity index (χ2n) is 5.66. The summed E-state index contributed by atoms with van der Waals surface area (Å²) in [5.41, 5.74) is 0.903. The van der Waals surface area contributed by atoms with Crippen LogP contribution in [0.3, 0.4) is 0 Å². The first kappa shape index (κ1) is 26.7. The Balaban J connectivity index is 0.000000311. The number of carbonyl (C=O) groups is 1. The fourth-order valence-electron chi connectivity index (χ4n) is 2.17. The number of rotatable bonds is 5. The molecule has 0 aliphatic rings. The average molecular weight is 488 g/mol. The molecule has 2 rings (SSSR count). The third kappa shape index (κ3) is 4.78. The first-order valence-electron chi connectivity index (χ1n) is 7.79. The van der Waals surface area contributed by atoms with E-state index in [2.05, 4.69) is 4.98 Å². The molecule has 0 fully saturated rings. The first-order valence-corrected chi connectivity index (χ1v) is 8.24. The number of ether oxygens (including phenoxy) is 1. The van der Waals surface area contributed by atoms with Crippen LogP contribution in [-0.2, 0) is 16.7 Å². The Hall–Kier alpha value is -2.36. The minimum absolute atomic E-state index is 0.0796. The van der Waals surface area contributed by atoms with E-state index < -0.39 is 29.2 Å². The maximum absolute atomic E-state index is 12.4. The van der Waals surface area contributed by atoms with Gasteiger partial charge in [0.1, 0.15) is 0 Å². The number of thiol groups is 1. The summed E-state index contributed by atoms with van der Waals surface area (Å²) < 4.78 is 112. The van der Waals surface area contributed by atoms with Gasteiger partial charge < -0.3 is 14.4 Å². The van der Waals surface area contributed by atoms with Crippen LogP contribution in [0.5, 0.6) is 5.75 Å². The van der Waals surface area contributed by atoms with Gasteiger partial charge in [0, 0.05) is 19.4 Å². The summed E-state index contributed by atoms with van der Waals surface area (Å²) in [6.07, 6.45) is -3.63. The van der Waals surface area contributed by atoms with Crippen LogP contribution in [0.15, 0.2) is 18.5 Å². The van der Waals surface area contributed by atoms with Gasteiger partial charge in [-0.1, -0.05) is 12.6 Å². The molecule has 6 nitrogen and oxygen atoms in total. The van der Waals surface area contributed by atoms with Gasteiger partial charge in [-0.15, -0.1) is 4.94 Å². The van der Waals surface area contributed by atoms with Crippen LogP contribution < -0.4 is 0 Å². The van der Waals surface area contributed by atoms with Crippen molar-refractivity contribution in [1.29, 1.82) is 0 Å². The number of aromatic nitrogens is 2. The molecule has 2 heterocycles. The topological polar surface area (TPSA) is 73.6 Å². The Morgan fingerprint density at radius 1 is 1.19 bits per heavy atom. The molecule has 0 aliphatic carbocycles. The third-order valence-corrected chi connectivity index (χ3v) is 3.98. The van der Waals surface area contributed by atoms with E-state index in [1.165, 1.54) is 11.1 Å². The first-order chi connectivity index (χ1) is 14.0. The smallest absolute Gasteiger partial charge is 0.459 e. The number of esters is 1. The van der Waals surface area contributed by atoms with Gasteiger partial charge in [-0.2, -0.15) is 35.1 Å². The minimum Gasteiger partial charge on any atom is -0.505 e. The maximum atomic E-state index is 12.4. The van der Waals surface area contributed by atoms with E-state index in [9.17, 15) is 49.6 Å². The van der Waals surface area contributed by atoms with Crippen molar-refractivity contribution in [3.63, 3.8) is 0 Å². The molecular weight excluding hydrogens is 475 g/mol. The Morgan fingerprint density at radius 3 is 2.10 bits per heavy atom. The molecule has 1 unspecified atom stereocenters. The number of halogens is 9. The zero-order valence-corrected chi connectivity index (χ0v) is 16.2. The zero-order valence-electron chi connectivity index (χ0n) is 15.4. The number of nitrogens with zero attached hydrogens (tertiary/aromatic N) is 2. The molecule has 1 atom stereocenters. The van der Waals surface area contributed by atoms with Crippen molar-refractivity contribution in [2.75, 3.05) is 6.61 Å². The van der Waals surface area contributed by atoms with E-state index in [-0.39, 0.29) is 18.1 Å². The minimum atomic E-state index is -6.76. The Kier molecular flexibility index (Phi) is 7.76. The van der Waals surface area contributed by atoms with Crippen LogP contribution in [0.1, 0.15) is 17.4 Å². The van der Waals surface area contributed by atoms with Crippen molar-refractivity contribution in [3.05, 3.63) is 24.2 Å². The number of carbonyl (C=O) groups excluding carboxylic acids is 1. The Bertz CT molecular complexity index is 891. The number of aryl methyl sites for hydroxylation is 1. The molecule has 0 aliphatic heterocycles. The summed E-state index contributed by atoms with van der Waals surface area (Å²) in [5.74, 6) is -13.6. The molecule has 0 spiro atoms. The normalized spacial score (nSPS) is 14.6. The number of pyridine rings is 1. The second-order valence-corrected chi connectivity index (χ2v) is 6.22. The number of fused-ring (bicyclic) bond motifs is 1. The van der Waals surface area contributed by atoms with Crippen molar-refractivity contribution in [2.24, 2.45) is 7.05 Å². The Labute approximate surface area is 172 Å². The van der Waals surface area contributed by atoms with Crippen molar-refractivity contribution in [1.82, 2.24) is 9.55 Å². The summed E-state index contributed by atoms with van der Waals surface area (Å²) in [5, 5.41) is 4.76. The van der Waals surface area contributed by atoms with Crippen LogP contribution in [0.25, 0.3) is 10.9 Å². The van der Waals surface area contributed by atoms with Gasteiger partial charge in [0.15, 0.2) is 11.4 Å². The Morgan fingerprint density at radius 2 is 1.74 bits per heavy atom. The number of aromatic hydroxyl groups is 1. The predicted molar refractivity (Wildman–Crippen MR) is 89.3 cm³/mol. The lowest BCUT2D eigenvalue weighted by atomic mass is 10.1. The largest absolute Gasteiger partial charge is 0.505 e. The lowest BCUT2D eigenvalue weighted by Gasteiger charge is -2.33. The van der Waals surface area contributed by atoms with Gasteiger partial charge in [0.2, 0.25) is 0 Å². The van der Waals surface area contributed by atoms with E-state index in [0.717, 1.165) is 5.52 Å². The van der Waals surface area contributed by atoms with Crippen molar-refractivity contribution >= 4 is 29.5 Å². The average Bonchev–Trinajstić information content (AvgIpc) is 2.91. The molecule has 16 heteroatoms. The summed E-state index contributed by atoms with van der Waals surface area (Å²) >= 11 is 1.79. The summed E-state index contributed by atoms with van der Waals surface area (Å²) in [6, 6.07) is 1.73. The fourth-order valence-corrected chi connectivity index (χ4v) is 2.34. The molecule has 0 amide bonds. The number of hydrogen-bond donors (Lipinski definition) is 2. The lowest BCUT2D eigenvalue weighted by Crippen LogP contribution is -2.62. The molecule has 0 bridgehead atoms.